The highest BCUT2D eigenvalue weighted by Gasteiger charge is 2.22. The monoisotopic (exact) mass is 406 g/mol. The molecule has 156 valence electrons. The standard InChI is InChI=1S/C14H17N5.C8H9NO2/c1-3-11-17-13(15)12-14(18-11)19(8-16-12)10-6-4-9(2)5-7-10;1-11-8-4-2-3-7(5-8)9-6-10/h1,8-10H,4-7H2,2H3,(H2,15,17,18);2-6H,1H3,(H,9,10). The summed E-state index contributed by atoms with van der Waals surface area (Å²) >= 11 is 0. The number of rotatable bonds is 4. The molecule has 0 unspecified atom stereocenters. The molecule has 1 aromatic carbocycles. The number of aromatic nitrogens is 4. The highest BCUT2D eigenvalue weighted by Crippen LogP contribution is 2.33. The molecule has 2 aromatic heterocycles. The second-order valence-corrected chi connectivity index (χ2v) is 7.31. The molecule has 1 fully saturated rings. The van der Waals surface area contributed by atoms with Gasteiger partial charge in [0.15, 0.2) is 11.5 Å². The summed E-state index contributed by atoms with van der Waals surface area (Å²) in [5.41, 5.74) is 8.03. The molecule has 0 atom stereocenters. The van der Waals surface area contributed by atoms with Gasteiger partial charge in [0.05, 0.1) is 13.4 Å². The predicted molar refractivity (Wildman–Crippen MR) is 117 cm³/mol. The molecule has 2 heterocycles. The second-order valence-electron chi connectivity index (χ2n) is 7.31. The van der Waals surface area contributed by atoms with Crippen LogP contribution in [0.2, 0.25) is 0 Å². The summed E-state index contributed by atoms with van der Waals surface area (Å²) < 4.78 is 7.06. The number of carbonyl (C=O) groups excluding carboxylic acids is 1. The average molecular weight is 406 g/mol. The van der Waals surface area contributed by atoms with Crippen molar-refractivity contribution in [1.29, 1.82) is 0 Å². The van der Waals surface area contributed by atoms with Crippen LogP contribution < -0.4 is 15.8 Å². The van der Waals surface area contributed by atoms with E-state index in [9.17, 15) is 4.79 Å². The van der Waals surface area contributed by atoms with Gasteiger partial charge in [-0.25, -0.2) is 15.0 Å². The van der Waals surface area contributed by atoms with Gasteiger partial charge in [-0.3, -0.25) is 4.79 Å². The molecule has 0 spiro atoms. The molecule has 0 aliphatic heterocycles. The number of anilines is 2. The van der Waals surface area contributed by atoms with Crippen LogP contribution in [-0.2, 0) is 4.79 Å². The molecule has 30 heavy (non-hydrogen) atoms. The molecule has 1 aliphatic carbocycles. The number of hydrogen-bond donors (Lipinski definition) is 2. The number of amides is 1. The number of fused-ring (bicyclic) bond motifs is 1. The van der Waals surface area contributed by atoms with Gasteiger partial charge >= 0.3 is 0 Å². The molecule has 0 radical (unpaired) electrons. The Morgan fingerprint density at radius 1 is 1.30 bits per heavy atom. The van der Waals surface area contributed by atoms with E-state index in [0.717, 1.165) is 35.8 Å². The first-order valence-corrected chi connectivity index (χ1v) is 9.86. The van der Waals surface area contributed by atoms with Gasteiger partial charge in [0.1, 0.15) is 11.3 Å². The smallest absolute Gasteiger partial charge is 0.211 e. The zero-order chi connectivity index (χ0) is 21.5. The van der Waals surface area contributed by atoms with Crippen LogP contribution in [0.1, 0.15) is 44.5 Å². The molecule has 0 saturated heterocycles. The van der Waals surface area contributed by atoms with E-state index in [2.05, 4.69) is 37.7 Å². The summed E-state index contributed by atoms with van der Waals surface area (Å²) in [4.78, 5) is 22.8. The summed E-state index contributed by atoms with van der Waals surface area (Å²) in [5.74, 6) is 4.68. The molecule has 8 heteroatoms. The quantitative estimate of drug-likeness (QED) is 0.508. The Kier molecular flexibility index (Phi) is 6.86. The number of nitrogens with zero attached hydrogens (tertiary/aromatic N) is 4. The van der Waals surface area contributed by atoms with Gasteiger partial charge in [-0.2, -0.15) is 0 Å². The molecule has 8 nitrogen and oxygen atoms in total. The number of nitrogens with one attached hydrogen (secondary N) is 1. The number of carbonyl (C=O) groups is 1. The molecule has 1 aliphatic rings. The fraction of sp³-hybridized carbons (Fsp3) is 0.364. The number of benzene rings is 1. The van der Waals surface area contributed by atoms with Crippen LogP contribution in [0.3, 0.4) is 0 Å². The molecule has 3 N–H and O–H groups in total. The summed E-state index contributed by atoms with van der Waals surface area (Å²) in [6, 6.07) is 7.60. The first-order valence-electron chi connectivity index (χ1n) is 9.86. The Bertz CT molecular complexity index is 1050. The van der Waals surface area contributed by atoms with Gasteiger partial charge < -0.3 is 20.4 Å². The summed E-state index contributed by atoms with van der Waals surface area (Å²) in [7, 11) is 1.58. The van der Waals surface area contributed by atoms with Gasteiger partial charge in [-0.05, 0) is 49.7 Å². The molecule has 3 aromatic rings. The van der Waals surface area contributed by atoms with Crippen LogP contribution in [0, 0.1) is 18.3 Å². The minimum absolute atomic E-state index is 0.330. The second kappa shape index (κ2) is 9.74. The van der Waals surface area contributed by atoms with Crippen molar-refractivity contribution in [3.05, 3.63) is 36.4 Å². The molecule has 1 amide bonds. The number of methoxy groups -OCH3 is 1. The molecular formula is C22H26N6O2. The van der Waals surface area contributed by atoms with Crippen LogP contribution >= 0.6 is 0 Å². The maximum Gasteiger partial charge on any atom is 0.211 e. The van der Waals surface area contributed by atoms with E-state index in [1.807, 2.05) is 18.5 Å². The Labute approximate surface area is 175 Å². The number of ether oxygens (including phenoxy) is 1. The fourth-order valence-corrected chi connectivity index (χ4v) is 3.57. The van der Waals surface area contributed by atoms with Gasteiger partial charge in [-0.1, -0.05) is 13.0 Å². The van der Waals surface area contributed by atoms with Crippen molar-refractivity contribution < 1.29 is 9.53 Å². The zero-order valence-electron chi connectivity index (χ0n) is 17.2. The molecule has 1 saturated carbocycles. The van der Waals surface area contributed by atoms with E-state index in [0.29, 0.717) is 29.6 Å². The van der Waals surface area contributed by atoms with Crippen molar-refractivity contribution in [2.75, 3.05) is 18.2 Å². The first-order chi connectivity index (χ1) is 14.5. The fourth-order valence-electron chi connectivity index (χ4n) is 3.57. The van der Waals surface area contributed by atoms with Crippen LogP contribution in [0.15, 0.2) is 30.6 Å². The number of nitrogens with two attached hydrogens (primary N) is 1. The van der Waals surface area contributed by atoms with E-state index < -0.39 is 0 Å². The van der Waals surface area contributed by atoms with E-state index in [4.69, 9.17) is 16.9 Å². The minimum atomic E-state index is 0.330. The third-order valence-electron chi connectivity index (χ3n) is 5.25. The normalized spacial score (nSPS) is 18.0. The Morgan fingerprint density at radius 3 is 2.73 bits per heavy atom. The highest BCUT2D eigenvalue weighted by molar-refractivity contribution is 5.82. The molecule has 4 rings (SSSR count). The Balaban J connectivity index is 0.000000199. The number of imidazole rings is 1. The Morgan fingerprint density at radius 2 is 2.07 bits per heavy atom. The largest absolute Gasteiger partial charge is 0.497 e. The third kappa shape index (κ3) is 4.87. The lowest BCUT2D eigenvalue weighted by atomic mass is 9.87. The van der Waals surface area contributed by atoms with Gasteiger partial charge in [0.2, 0.25) is 12.2 Å². The zero-order valence-corrected chi connectivity index (χ0v) is 17.2. The van der Waals surface area contributed by atoms with E-state index in [-0.39, 0.29) is 0 Å². The van der Waals surface area contributed by atoms with Crippen LogP contribution in [0.4, 0.5) is 11.5 Å². The summed E-state index contributed by atoms with van der Waals surface area (Å²) in [6.07, 6.45) is 12.6. The third-order valence-corrected chi connectivity index (χ3v) is 5.25. The number of hydrogen-bond acceptors (Lipinski definition) is 6. The lowest BCUT2D eigenvalue weighted by Gasteiger charge is -2.27. The van der Waals surface area contributed by atoms with Crippen molar-refractivity contribution >= 4 is 29.1 Å². The van der Waals surface area contributed by atoms with Crippen molar-refractivity contribution in [3.63, 3.8) is 0 Å². The SMILES string of the molecule is C#Cc1nc(N)c2ncn(C3CCC(C)CC3)c2n1.COc1cccc(NC=O)c1. The lowest BCUT2D eigenvalue weighted by molar-refractivity contribution is -0.105. The first kappa shape index (κ1) is 21.1. The van der Waals surface area contributed by atoms with Crippen LogP contribution in [-0.4, -0.2) is 33.0 Å². The maximum absolute atomic E-state index is 10.0. The van der Waals surface area contributed by atoms with E-state index in [1.165, 1.54) is 12.8 Å². The number of nitrogen functional groups attached to an aromatic ring is 1. The highest BCUT2D eigenvalue weighted by atomic mass is 16.5. The van der Waals surface area contributed by atoms with Crippen LogP contribution in [0.5, 0.6) is 5.75 Å². The summed E-state index contributed by atoms with van der Waals surface area (Å²) in [5, 5.41) is 2.52. The van der Waals surface area contributed by atoms with Crippen molar-refractivity contribution in [2.45, 2.75) is 38.6 Å². The van der Waals surface area contributed by atoms with Crippen molar-refractivity contribution in [3.8, 4) is 18.1 Å². The molecule has 0 bridgehead atoms. The van der Waals surface area contributed by atoms with Crippen molar-refractivity contribution in [2.24, 2.45) is 5.92 Å². The van der Waals surface area contributed by atoms with E-state index >= 15 is 0 Å². The molecular weight excluding hydrogens is 380 g/mol. The minimum Gasteiger partial charge on any atom is -0.497 e. The van der Waals surface area contributed by atoms with E-state index in [1.54, 1.807) is 19.2 Å². The topological polar surface area (TPSA) is 108 Å². The number of terminal acetylenes is 1. The van der Waals surface area contributed by atoms with Gasteiger partial charge in [-0.15, -0.1) is 6.42 Å². The average Bonchev–Trinajstić information content (AvgIpc) is 3.19. The van der Waals surface area contributed by atoms with Gasteiger partial charge in [0.25, 0.3) is 0 Å². The maximum atomic E-state index is 10.0. The van der Waals surface area contributed by atoms with Crippen molar-refractivity contribution in [1.82, 2.24) is 19.5 Å². The lowest BCUT2D eigenvalue weighted by Crippen LogP contribution is -2.16. The van der Waals surface area contributed by atoms with Gasteiger partial charge in [0, 0.05) is 17.8 Å². The van der Waals surface area contributed by atoms with Crippen LogP contribution in [0.25, 0.3) is 11.2 Å². The Hall–Kier alpha value is -3.60. The predicted octanol–water partition coefficient (Wildman–Crippen LogP) is 3.40. The summed E-state index contributed by atoms with van der Waals surface area (Å²) in [6.45, 7) is 2.30.